The molecular formula is C17H15Cl2N3O. The average molecular weight is 348 g/mol. The second-order valence-electron chi connectivity index (χ2n) is 4.88. The van der Waals surface area contributed by atoms with Gasteiger partial charge in [0.1, 0.15) is 0 Å². The first-order valence-electron chi connectivity index (χ1n) is 7.03. The Morgan fingerprint density at radius 2 is 1.87 bits per heavy atom. The maximum absolute atomic E-state index is 11.8. The normalized spacial score (nSPS) is 9.96. The van der Waals surface area contributed by atoms with Crippen LogP contribution < -0.4 is 10.6 Å². The molecule has 2 aromatic carbocycles. The molecule has 0 aliphatic rings. The predicted molar refractivity (Wildman–Crippen MR) is 92.8 cm³/mol. The van der Waals surface area contributed by atoms with Crippen molar-refractivity contribution in [1.29, 1.82) is 5.26 Å². The van der Waals surface area contributed by atoms with Crippen LogP contribution in [-0.4, -0.2) is 19.0 Å². The topological polar surface area (TPSA) is 64.9 Å². The molecule has 2 rings (SSSR count). The first-order chi connectivity index (χ1) is 11.1. The zero-order valence-electron chi connectivity index (χ0n) is 12.3. The van der Waals surface area contributed by atoms with Gasteiger partial charge >= 0.3 is 0 Å². The number of nitrogens with one attached hydrogen (secondary N) is 2. The third kappa shape index (κ3) is 5.48. The van der Waals surface area contributed by atoms with Gasteiger partial charge in [0.2, 0.25) is 5.91 Å². The molecule has 0 heterocycles. The van der Waals surface area contributed by atoms with Crippen molar-refractivity contribution in [3.05, 3.63) is 63.6 Å². The molecule has 0 bridgehead atoms. The van der Waals surface area contributed by atoms with E-state index in [-0.39, 0.29) is 12.5 Å². The van der Waals surface area contributed by atoms with Gasteiger partial charge < -0.3 is 10.6 Å². The molecule has 1 amide bonds. The standard InChI is InChI=1S/C17H15Cl2N3O/c18-14-4-3-13(16(19)9-14)7-8-21-17(23)11-22-15-5-1-12(10-20)2-6-15/h1-6,9,22H,7-8,11H2,(H,21,23). The number of hydrogen-bond donors (Lipinski definition) is 2. The second kappa shape index (κ2) is 8.42. The summed E-state index contributed by atoms with van der Waals surface area (Å²) in [6.45, 7) is 0.662. The van der Waals surface area contributed by atoms with E-state index in [1.54, 1.807) is 36.4 Å². The minimum atomic E-state index is -0.112. The fraction of sp³-hybridized carbons (Fsp3) is 0.176. The zero-order chi connectivity index (χ0) is 16.7. The Morgan fingerprint density at radius 3 is 2.52 bits per heavy atom. The highest BCUT2D eigenvalue weighted by Gasteiger charge is 2.04. The molecule has 0 aliphatic heterocycles. The third-order valence-electron chi connectivity index (χ3n) is 3.20. The van der Waals surface area contributed by atoms with Crippen molar-refractivity contribution in [1.82, 2.24) is 5.32 Å². The van der Waals surface area contributed by atoms with Crippen molar-refractivity contribution in [3.63, 3.8) is 0 Å². The highest BCUT2D eigenvalue weighted by atomic mass is 35.5. The monoisotopic (exact) mass is 347 g/mol. The summed E-state index contributed by atoms with van der Waals surface area (Å²) in [4.78, 5) is 11.8. The molecule has 118 valence electrons. The molecule has 23 heavy (non-hydrogen) atoms. The van der Waals surface area contributed by atoms with Gasteiger partial charge in [-0.1, -0.05) is 29.3 Å². The van der Waals surface area contributed by atoms with Gasteiger partial charge in [-0.15, -0.1) is 0 Å². The Labute approximate surface area is 145 Å². The van der Waals surface area contributed by atoms with E-state index in [2.05, 4.69) is 10.6 Å². The van der Waals surface area contributed by atoms with Gasteiger partial charge in [0.15, 0.2) is 0 Å². The van der Waals surface area contributed by atoms with Crippen LogP contribution in [0, 0.1) is 11.3 Å². The van der Waals surface area contributed by atoms with Crippen LogP contribution in [0.5, 0.6) is 0 Å². The Hall–Kier alpha value is -2.22. The van der Waals surface area contributed by atoms with Crippen molar-refractivity contribution in [3.8, 4) is 6.07 Å². The molecule has 0 unspecified atom stereocenters. The van der Waals surface area contributed by atoms with Crippen LogP contribution in [0.4, 0.5) is 5.69 Å². The Morgan fingerprint density at radius 1 is 1.13 bits per heavy atom. The summed E-state index contributed by atoms with van der Waals surface area (Å²) in [5.74, 6) is -0.112. The fourth-order valence-electron chi connectivity index (χ4n) is 1.97. The van der Waals surface area contributed by atoms with Gasteiger partial charge in [-0.3, -0.25) is 4.79 Å². The molecule has 0 fully saturated rings. The van der Waals surface area contributed by atoms with Crippen LogP contribution in [0.25, 0.3) is 0 Å². The summed E-state index contributed by atoms with van der Waals surface area (Å²) < 4.78 is 0. The molecule has 2 N–H and O–H groups in total. The first-order valence-corrected chi connectivity index (χ1v) is 7.79. The number of nitrogens with zero attached hydrogens (tertiary/aromatic N) is 1. The van der Waals surface area contributed by atoms with Crippen molar-refractivity contribution < 1.29 is 4.79 Å². The molecule has 4 nitrogen and oxygen atoms in total. The molecule has 6 heteroatoms. The summed E-state index contributed by atoms with van der Waals surface area (Å²) >= 11 is 11.9. The maximum Gasteiger partial charge on any atom is 0.239 e. The molecule has 0 aliphatic carbocycles. The molecule has 0 saturated carbocycles. The number of halogens is 2. The number of nitriles is 1. The lowest BCUT2D eigenvalue weighted by atomic mass is 10.1. The highest BCUT2D eigenvalue weighted by Crippen LogP contribution is 2.21. The van der Waals surface area contributed by atoms with E-state index in [4.69, 9.17) is 28.5 Å². The number of carbonyl (C=O) groups excluding carboxylic acids is 1. The van der Waals surface area contributed by atoms with E-state index in [9.17, 15) is 4.79 Å². The van der Waals surface area contributed by atoms with Gasteiger partial charge in [0, 0.05) is 22.3 Å². The number of anilines is 1. The Balaban J connectivity index is 1.73. The number of hydrogen-bond acceptors (Lipinski definition) is 3. The quantitative estimate of drug-likeness (QED) is 0.838. The van der Waals surface area contributed by atoms with Gasteiger partial charge in [0.05, 0.1) is 18.2 Å². The van der Waals surface area contributed by atoms with Gasteiger partial charge in [0.25, 0.3) is 0 Å². The van der Waals surface area contributed by atoms with E-state index in [0.29, 0.717) is 28.6 Å². The molecule has 0 atom stereocenters. The number of rotatable bonds is 6. The average Bonchev–Trinajstić information content (AvgIpc) is 2.55. The maximum atomic E-state index is 11.8. The summed E-state index contributed by atoms with van der Waals surface area (Å²) in [6, 6.07) is 14.3. The summed E-state index contributed by atoms with van der Waals surface area (Å²) in [7, 11) is 0. The zero-order valence-corrected chi connectivity index (χ0v) is 13.8. The third-order valence-corrected chi connectivity index (χ3v) is 3.79. The van der Waals surface area contributed by atoms with Gasteiger partial charge in [-0.05, 0) is 48.4 Å². The minimum Gasteiger partial charge on any atom is -0.376 e. The lowest BCUT2D eigenvalue weighted by Crippen LogP contribution is -2.31. The lowest BCUT2D eigenvalue weighted by Gasteiger charge is -2.09. The molecule has 2 aromatic rings. The smallest absolute Gasteiger partial charge is 0.239 e. The van der Waals surface area contributed by atoms with E-state index in [0.717, 1.165) is 11.3 Å². The van der Waals surface area contributed by atoms with Crippen molar-refractivity contribution in [2.24, 2.45) is 0 Å². The number of carbonyl (C=O) groups is 1. The summed E-state index contributed by atoms with van der Waals surface area (Å²) in [5, 5.41) is 15.7. The fourth-order valence-corrected chi connectivity index (χ4v) is 2.47. The van der Waals surface area contributed by atoms with E-state index >= 15 is 0 Å². The molecule has 0 aromatic heterocycles. The first kappa shape index (κ1) is 17.1. The van der Waals surface area contributed by atoms with Crippen molar-refractivity contribution >= 4 is 34.8 Å². The van der Waals surface area contributed by atoms with Gasteiger partial charge in [-0.25, -0.2) is 0 Å². The predicted octanol–water partition coefficient (Wildman–Crippen LogP) is 3.64. The van der Waals surface area contributed by atoms with Crippen LogP contribution in [-0.2, 0) is 11.2 Å². The van der Waals surface area contributed by atoms with Crippen LogP contribution in [0.15, 0.2) is 42.5 Å². The van der Waals surface area contributed by atoms with E-state index < -0.39 is 0 Å². The molecular weight excluding hydrogens is 333 g/mol. The number of amides is 1. The van der Waals surface area contributed by atoms with E-state index in [1.165, 1.54) is 0 Å². The van der Waals surface area contributed by atoms with Crippen LogP contribution in [0.3, 0.4) is 0 Å². The second-order valence-corrected chi connectivity index (χ2v) is 5.72. The van der Waals surface area contributed by atoms with Gasteiger partial charge in [-0.2, -0.15) is 5.26 Å². The Kier molecular flexibility index (Phi) is 6.28. The number of benzene rings is 2. The van der Waals surface area contributed by atoms with Crippen LogP contribution >= 0.6 is 23.2 Å². The Bertz CT molecular complexity index is 724. The van der Waals surface area contributed by atoms with Crippen LogP contribution in [0.1, 0.15) is 11.1 Å². The van der Waals surface area contributed by atoms with Crippen molar-refractivity contribution in [2.75, 3.05) is 18.4 Å². The lowest BCUT2D eigenvalue weighted by molar-refractivity contribution is -0.119. The molecule has 0 radical (unpaired) electrons. The van der Waals surface area contributed by atoms with E-state index in [1.807, 2.05) is 12.1 Å². The highest BCUT2D eigenvalue weighted by molar-refractivity contribution is 6.35. The summed E-state index contributed by atoms with van der Waals surface area (Å²) in [6.07, 6.45) is 0.638. The summed E-state index contributed by atoms with van der Waals surface area (Å²) in [5.41, 5.74) is 2.32. The molecule has 0 spiro atoms. The minimum absolute atomic E-state index is 0.112. The van der Waals surface area contributed by atoms with Crippen molar-refractivity contribution in [2.45, 2.75) is 6.42 Å². The largest absolute Gasteiger partial charge is 0.376 e. The molecule has 0 saturated heterocycles. The van der Waals surface area contributed by atoms with Crippen LogP contribution in [0.2, 0.25) is 10.0 Å². The SMILES string of the molecule is N#Cc1ccc(NCC(=O)NCCc2ccc(Cl)cc2Cl)cc1.